The van der Waals surface area contributed by atoms with E-state index in [1.54, 1.807) is 25.3 Å². The summed E-state index contributed by atoms with van der Waals surface area (Å²) in [5.74, 6) is -0.476. The van der Waals surface area contributed by atoms with Crippen LogP contribution in [0.15, 0.2) is 81.1 Å². The quantitative estimate of drug-likeness (QED) is 0.345. The average Bonchev–Trinajstić information content (AvgIpc) is 3.07. The standard InChI is InChI=1S/C25H18BrClN2O4S/c1-29-23(30)22(34-25(29)28-19-9-5-17(6-10-19)24(31)32)13-16-4-11-21(20(26)12-16)33-14-15-2-7-18(27)8-3-15/h2-13H,14H2,1H3,(H,31,32)/b22-13-,28-25?. The van der Waals surface area contributed by atoms with Crippen molar-refractivity contribution in [1.82, 2.24) is 4.90 Å². The van der Waals surface area contributed by atoms with Gasteiger partial charge in [0.15, 0.2) is 5.17 Å². The van der Waals surface area contributed by atoms with Crippen LogP contribution in [0.1, 0.15) is 21.5 Å². The van der Waals surface area contributed by atoms with Crippen molar-refractivity contribution in [2.75, 3.05) is 7.05 Å². The molecule has 4 rings (SSSR count). The largest absolute Gasteiger partial charge is 0.488 e. The lowest BCUT2D eigenvalue weighted by molar-refractivity contribution is -0.121. The van der Waals surface area contributed by atoms with Crippen molar-refractivity contribution in [2.24, 2.45) is 4.99 Å². The Kier molecular flexibility index (Phi) is 7.41. The Hall–Kier alpha value is -3.07. The number of carboxylic acid groups (broad SMARTS) is 1. The van der Waals surface area contributed by atoms with E-state index in [4.69, 9.17) is 21.4 Å². The minimum Gasteiger partial charge on any atom is -0.488 e. The van der Waals surface area contributed by atoms with E-state index in [9.17, 15) is 9.59 Å². The maximum Gasteiger partial charge on any atom is 0.335 e. The molecule has 0 aliphatic carbocycles. The molecule has 1 aliphatic heterocycles. The highest BCUT2D eigenvalue weighted by atomic mass is 79.9. The van der Waals surface area contributed by atoms with Crippen molar-refractivity contribution in [3.05, 3.63) is 97.8 Å². The van der Waals surface area contributed by atoms with Gasteiger partial charge in [-0.25, -0.2) is 9.79 Å². The summed E-state index contributed by atoms with van der Waals surface area (Å²) in [6, 6.07) is 19.2. The van der Waals surface area contributed by atoms with E-state index in [2.05, 4.69) is 20.9 Å². The van der Waals surface area contributed by atoms with Crippen LogP contribution in [0.4, 0.5) is 5.69 Å². The fourth-order valence-corrected chi connectivity index (χ4v) is 4.68. The molecule has 3 aromatic carbocycles. The molecule has 0 atom stereocenters. The molecule has 0 radical (unpaired) electrons. The van der Waals surface area contributed by atoms with Crippen LogP contribution in [0.25, 0.3) is 6.08 Å². The minimum atomic E-state index is -1.00. The van der Waals surface area contributed by atoms with Crippen molar-refractivity contribution in [1.29, 1.82) is 0 Å². The number of amides is 1. The van der Waals surface area contributed by atoms with E-state index in [1.807, 2.05) is 42.5 Å². The zero-order valence-electron chi connectivity index (χ0n) is 17.9. The molecule has 0 spiro atoms. The first kappa shape index (κ1) is 24.1. The number of aromatic carboxylic acids is 1. The molecule has 0 aromatic heterocycles. The third-order valence-electron chi connectivity index (χ3n) is 4.90. The third-order valence-corrected chi connectivity index (χ3v) is 6.84. The summed E-state index contributed by atoms with van der Waals surface area (Å²) in [5, 5.41) is 10.2. The average molecular weight is 558 g/mol. The normalized spacial score (nSPS) is 15.9. The van der Waals surface area contributed by atoms with Crippen LogP contribution in [-0.2, 0) is 11.4 Å². The minimum absolute atomic E-state index is 0.162. The zero-order chi connectivity index (χ0) is 24.2. The van der Waals surface area contributed by atoms with Crippen LogP contribution in [0.5, 0.6) is 5.75 Å². The van der Waals surface area contributed by atoms with Crippen molar-refractivity contribution in [3.63, 3.8) is 0 Å². The van der Waals surface area contributed by atoms with Gasteiger partial charge in [-0.2, -0.15) is 0 Å². The van der Waals surface area contributed by atoms with Gasteiger partial charge in [0.2, 0.25) is 0 Å². The molecule has 172 valence electrons. The number of carbonyl (C=O) groups excluding carboxylic acids is 1. The molecule has 0 saturated carbocycles. The second-order valence-corrected chi connectivity index (χ2v) is 9.63. The maximum absolute atomic E-state index is 12.7. The molecule has 34 heavy (non-hydrogen) atoms. The third kappa shape index (κ3) is 5.70. The monoisotopic (exact) mass is 556 g/mol. The molecule has 1 aliphatic rings. The highest BCUT2D eigenvalue weighted by molar-refractivity contribution is 9.10. The fourth-order valence-electron chi connectivity index (χ4n) is 3.06. The Bertz CT molecular complexity index is 1310. The van der Waals surface area contributed by atoms with E-state index < -0.39 is 5.97 Å². The van der Waals surface area contributed by atoms with Gasteiger partial charge in [-0.05, 0) is 93.4 Å². The number of likely N-dealkylation sites (N-methyl/N-ethyl adjacent to an activating group) is 1. The number of amidine groups is 1. The number of aliphatic imine (C=N–C) groups is 1. The molecule has 1 fully saturated rings. The molecule has 3 aromatic rings. The number of hydrogen-bond acceptors (Lipinski definition) is 5. The summed E-state index contributed by atoms with van der Waals surface area (Å²) in [6.45, 7) is 0.405. The van der Waals surface area contributed by atoms with Crippen LogP contribution in [0.2, 0.25) is 5.02 Å². The van der Waals surface area contributed by atoms with E-state index >= 15 is 0 Å². The molecule has 0 unspecified atom stereocenters. The predicted molar refractivity (Wildman–Crippen MR) is 139 cm³/mol. The van der Waals surface area contributed by atoms with Gasteiger partial charge < -0.3 is 9.84 Å². The summed E-state index contributed by atoms with van der Waals surface area (Å²) in [5.41, 5.74) is 2.59. The number of thioether (sulfide) groups is 1. The Morgan fingerprint density at radius 3 is 2.50 bits per heavy atom. The molecule has 1 amide bonds. The van der Waals surface area contributed by atoms with Crippen LogP contribution in [0, 0.1) is 0 Å². The Labute approximate surface area is 214 Å². The van der Waals surface area contributed by atoms with Crippen molar-refractivity contribution >= 4 is 68.1 Å². The van der Waals surface area contributed by atoms with Crippen LogP contribution < -0.4 is 4.74 Å². The van der Waals surface area contributed by atoms with Gasteiger partial charge in [-0.1, -0.05) is 29.8 Å². The molecular weight excluding hydrogens is 540 g/mol. The Morgan fingerprint density at radius 2 is 1.85 bits per heavy atom. The second-order valence-electron chi connectivity index (χ2n) is 7.33. The SMILES string of the molecule is CN1C(=O)/C(=C/c2ccc(OCc3ccc(Cl)cc3)c(Br)c2)SC1=Nc1ccc(C(=O)O)cc1. The Morgan fingerprint density at radius 1 is 1.15 bits per heavy atom. The zero-order valence-corrected chi connectivity index (χ0v) is 21.0. The van der Waals surface area contributed by atoms with Crippen LogP contribution in [-0.4, -0.2) is 34.1 Å². The molecule has 6 nitrogen and oxygen atoms in total. The first-order chi connectivity index (χ1) is 16.3. The molecule has 1 heterocycles. The lowest BCUT2D eigenvalue weighted by atomic mass is 10.2. The summed E-state index contributed by atoms with van der Waals surface area (Å²) in [7, 11) is 1.66. The first-order valence-corrected chi connectivity index (χ1v) is 12.1. The summed E-state index contributed by atoms with van der Waals surface area (Å²) < 4.78 is 6.66. The number of ether oxygens (including phenoxy) is 1. The van der Waals surface area contributed by atoms with Gasteiger partial charge in [0.05, 0.1) is 20.6 Å². The van der Waals surface area contributed by atoms with Gasteiger partial charge in [-0.15, -0.1) is 0 Å². The highest BCUT2D eigenvalue weighted by Crippen LogP contribution is 2.34. The molecule has 1 N–H and O–H groups in total. The first-order valence-electron chi connectivity index (χ1n) is 10.1. The maximum atomic E-state index is 12.7. The fraction of sp³-hybridized carbons (Fsp3) is 0.0800. The van der Waals surface area contributed by atoms with Gasteiger partial charge in [-0.3, -0.25) is 9.69 Å². The topological polar surface area (TPSA) is 79.2 Å². The second kappa shape index (κ2) is 10.5. The highest BCUT2D eigenvalue weighted by Gasteiger charge is 2.30. The van der Waals surface area contributed by atoms with Gasteiger partial charge in [0.1, 0.15) is 12.4 Å². The van der Waals surface area contributed by atoms with Gasteiger partial charge in [0, 0.05) is 12.1 Å². The van der Waals surface area contributed by atoms with E-state index in [0.29, 0.717) is 33.1 Å². The lowest BCUT2D eigenvalue weighted by Crippen LogP contribution is -2.23. The van der Waals surface area contributed by atoms with Crippen LogP contribution >= 0.6 is 39.3 Å². The summed E-state index contributed by atoms with van der Waals surface area (Å²) >= 11 is 10.7. The molecule has 0 bridgehead atoms. The smallest absolute Gasteiger partial charge is 0.335 e. The van der Waals surface area contributed by atoms with Crippen molar-refractivity contribution < 1.29 is 19.4 Å². The number of carbonyl (C=O) groups is 2. The number of nitrogens with zero attached hydrogens (tertiary/aromatic N) is 2. The van der Waals surface area contributed by atoms with Gasteiger partial charge in [0.25, 0.3) is 5.91 Å². The number of hydrogen-bond donors (Lipinski definition) is 1. The number of carboxylic acids is 1. The van der Waals surface area contributed by atoms with E-state index in [0.717, 1.165) is 15.6 Å². The summed E-state index contributed by atoms with van der Waals surface area (Å²) in [6.07, 6.45) is 1.80. The van der Waals surface area contributed by atoms with Crippen molar-refractivity contribution in [3.8, 4) is 5.75 Å². The van der Waals surface area contributed by atoms with E-state index in [-0.39, 0.29) is 11.5 Å². The van der Waals surface area contributed by atoms with Gasteiger partial charge >= 0.3 is 5.97 Å². The van der Waals surface area contributed by atoms with E-state index in [1.165, 1.54) is 28.8 Å². The predicted octanol–water partition coefficient (Wildman–Crippen LogP) is 6.61. The lowest BCUT2D eigenvalue weighted by Gasteiger charge is -2.09. The summed E-state index contributed by atoms with van der Waals surface area (Å²) in [4.78, 5) is 30.2. The molecule has 1 saturated heterocycles. The van der Waals surface area contributed by atoms with Crippen molar-refractivity contribution in [2.45, 2.75) is 6.61 Å². The molecule has 9 heteroatoms. The number of rotatable bonds is 6. The Balaban J connectivity index is 1.47. The molecular formula is C25H18BrClN2O4S. The number of benzene rings is 3. The number of halogens is 2. The van der Waals surface area contributed by atoms with Crippen LogP contribution in [0.3, 0.4) is 0 Å².